The van der Waals surface area contributed by atoms with Gasteiger partial charge < -0.3 is 0 Å². The van der Waals surface area contributed by atoms with Gasteiger partial charge in [-0.3, -0.25) is 0 Å². The zero-order chi connectivity index (χ0) is 8.39. The largest absolute Gasteiger partial charge is 0.233 e. The van der Waals surface area contributed by atoms with E-state index in [4.69, 9.17) is 0 Å². The highest BCUT2D eigenvalue weighted by Crippen LogP contribution is 2.28. The summed E-state index contributed by atoms with van der Waals surface area (Å²) in [4.78, 5) is 5.10. The lowest BCUT2D eigenvalue weighted by molar-refractivity contribution is 0.983. The molecule has 0 aliphatic rings. The Balaban J connectivity index is 2.45. The van der Waals surface area contributed by atoms with Crippen LogP contribution < -0.4 is 0 Å². The first kappa shape index (κ1) is 7.82. The van der Waals surface area contributed by atoms with Crippen molar-refractivity contribution in [1.29, 1.82) is 0 Å². The zero-order valence-electron chi connectivity index (χ0n) is 5.94. The van der Waals surface area contributed by atoms with E-state index in [2.05, 4.69) is 31.1 Å². The molecule has 3 nitrogen and oxygen atoms in total. The van der Waals surface area contributed by atoms with Crippen LogP contribution in [0.25, 0.3) is 10.7 Å². The monoisotopic (exact) mass is 241 g/mol. The van der Waals surface area contributed by atoms with Crippen LogP contribution in [-0.2, 0) is 0 Å². The third-order valence-corrected chi connectivity index (χ3v) is 2.90. The molecule has 2 heterocycles. The predicted octanol–water partition coefficient (Wildman–Crippen LogP) is 2.36. The summed E-state index contributed by atoms with van der Waals surface area (Å²) in [6.07, 6.45) is 3.20. The van der Waals surface area contributed by atoms with Gasteiger partial charge in [0.1, 0.15) is 0 Å². The molecule has 2 aromatic rings. The van der Waals surface area contributed by atoms with Gasteiger partial charge in [-0.15, -0.1) is 16.4 Å². The lowest BCUT2D eigenvalue weighted by Crippen LogP contribution is -1.86. The SMILES string of the molecule is Brc1ccc(-c2nccnn2)s1. The molecule has 0 saturated heterocycles. The molecule has 0 aliphatic carbocycles. The molecule has 12 heavy (non-hydrogen) atoms. The van der Waals surface area contributed by atoms with Crippen LogP contribution >= 0.6 is 27.3 Å². The molecule has 0 N–H and O–H groups in total. The molecule has 0 bridgehead atoms. The highest BCUT2D eigenvalue weighted by Gasteiger charge is 2.02. The van der Waals surface area contributed by atoms with Gasteiger partial charge >= 0.3 is 0 Å². The lowest BCUT2D eigenvalue weighted by atomic mass is 10.4. The molecule has 0 fully saturated rings. The Bertz CT molecular complexity index is 373. The molecule has 0 spiro atoms. The third-order valence-electron chi connectivity index (χ3n) is 1.28. The van der Waals surface area contributed by atoms with E-state index in [9.17, 15) is 0 Å². The van der Waals surface area contributed by atoms with Gasteiger partial charge in [0.25, 0.3) is 0 Å². The van der Waals surface area contributed by atoms with Crippen molar-refractivity contribution in [2.24, 2.45) is 0 Å². The van der Waals surface area contributed by atoms with E-state index in [0.29, 0.717) is 5.82 Å². The van der Waals surface area contributed by atoms with Crippen molar-refractivity contribution < 1.29 is 0 Å². The zero-order valence-corrected chi connectivity index (χ0v) is 8.34. The maximum atomic E-state index is 4.08. The molecular formula is C7H4BrN3S. The number of thiophene rings is 1. The average Bonchev–Trinajstić information content (AvgIpc) is 2.54. The number of hydrogen-bond donors (Lipinski definition) is 0. The van der Waals surface area contributed by atoms with Gasteiger partial charge in [-0.1, -0.05) is 0 Å². The van der Waals surface area contributed by atoms with E-state index < -0.39 is 0 Å². The van der Waals surface area contributed by atoms with Gasteiger partial charge in [-0.2, -0.15) is 5.10 Å². The Morgan fingerprint density at radius 1 is 1.25 bits per heavy atom. The first-order valence-electron chi connectivity index (χ1n) is 3.25. The Morgan fingerprint density at radius 3 is 2.75 bits per heavy atom. The van der Waals surface area contributed by atoms with Crippen LogP contribution in [0.3, 0.4) is 0 Å². The summed E-state index contributed by atoms with van der Waals surface area (Å²) in [6.45, 7) is 0. The van der Waals surface area contributed by atoms with E-state index in [1.807, 2.05) is 12.1 Å². The number of halogens is 1. The highest BCUT2D eigenvalue weighted by atomic mass is 79.9. The predicted molar refractivity (Wildman–Crippen MR) is 50.8 cm³/mol. The smallest absolute Gasteiger partial charge is 0.191 e. The number of aromatic nitrogens is 3. The Morgan fingerprint density at radius 2 is 2.17 bits per heavy atom. The summed E-state index contributed by atoms with van der Waals surface area (Å²) in [7, 11) is 0. The first-order valence-corrected chi connectivity index (χ1v) is 4.86. The number of hydrogen-bond acceptors (Lipinski definition) is 4. The van der Waals surface area contributed by atoms with E-state index in [1.54, 1.807) is 23.7 Å². The molecule has 0 aromatic carbocycles. The van der Waals surface area contributed by atoms with Crippen LogP contribution in [0.1, 0.15) is 0 Å². The van der Waals surface area contributed by atoms with E-state index in [0.717, 1.165) is 8.66 Å². The van der Waals surface area contributed by atoms with Crippen LogP contribution in [0.5, 0.6) is 0 Å². The second kappa shape index (κ2) is 3.28. The molecule has 0 saturated carbocycles. The van der Waals surface area contributed by atoms with Gasteiger partial charge in [-0.25, -0.2) is 4.98 Å². The molecular weight excluding hydrogens is 238 g/mol. The van der Waals surface area contributed by atoms with Gasteiger partial charge in [-0.05, 0) is 28.1 Å². The normalized spacial score (nSPS) is 10.1. The van der Waals surface area contributed by atoms with E-state index in [1.165, 1.54) is 0 Å². The fourth-order valence-corrected chi connectivity index (χ4v) is 2.12. The maximum Gasteiger partial charge on any atom is 0.191 e. The third kappa shape index (κ3) is 1.51. The second-order valence-electron chi connectivity index (χ2n) is 2.07. The van der Waals surface area contributed by atoms with Crippen LogP contribution in [0.2, 0.25) is 0 Å². The molecule has 0 atom stereocenters. The minimum Gasteiger partial charge on any atom is -0.233 e. The Hall–Kier alpha value is -0.810. The Kier molecular flexibility index (Phi) is 2.14. The van der Waals surface area contributed by atoms with Crippen molar-refractivity contribution in [2.75, 3.05) is 0 Å². The van der Waals surface area contributed by atoms with Gasteiger partial charge in [0.05, 0.1) is 14.9 Å². The summed E-state index contributed by atoms with van der Waals surface area (Å²) in [5.41, 5.74) is 0. The van der Waals surface area contributed by atoms with Crippen LogP contribution in [0.15, 0.2) is 28.3 Å². The van der Waals surface area contributed by atoms with Gasteiger partial charge in [0.2, 0.25) is 0 Å². The van der Waals surface area contributed by atoms with Crippen molar-refractivity contribution in [3.8, 4) is 10.7 Å². The van der Waals surface area contributed by atoms with Crippen LogP contribution in [0.4, 0.5) is 0 Å². The van der Waals surface area contributed by atoms with Crippen molar-refractivity contribution >= 4 is 27.3 Å². The molecule has 5 heteroatoms. The van der Waals surface area contributed by atoms with Crippen LogP contribution in [0, 0.1) is 0 Å². The summed E-state index contributed by atoms with van der Waals surface area (Å²) in [5.74, 6) is 0.674. The average molecular weight is 242 g/mol. The molecule has 0 aliphatic heterocycles. The highest BCUT2D eigenvalue weighted by molar-refractivity contribution is 9.11. The second-order valence-corrected chi connectivity index (χ2v) is 4.53. The minimum absolute atomic E-state index is 0.674. The summed E-state index contributed by atoms with van der Waals surface area (Å²) in [5, 5.41) is 7.64. The van der Waals surface area contributed by atoms with Crippen molar-refractivity contribution in [2.45, 2.75) is 0 Å². The van der Waals surface area contributed by atoms with Gasteiger partial charge in [0, 0.05) is 6.20 Å². The standard InChI is InChI=1S/C7H4BrN3S/c8-6-2-1-5(12-6)7-9-3-4-10-11-7/h1-4H. The fourth-order valence-electron chi connectivity index (χ4n) is 0.795. The summed E-state index contributed by atoms with van der Waals surface area (Å²) in [6, 6.07) is 3.93. The van der Waals surface area contributed by atoms with E-state index >= 15 is 0 Å². The minimum atomic E-state index is 0.674. The molecule has 60 valence electrons. The van der Waals surface area contributed by atoms with E-state index in [-0.39, 0.29) is 0 Å². The summed E-state index contributed by atoms with van der Waals surface area (Å²) >= 11 is 4.96. The van der Waals surface area contributed by atoms with Crippen molar-refractivity contribution in [1.82, 2.24) is 15.2 Å². The molecule has 0 radical (unpaired) electrons. The van der Waals surface area contributed by atoms with Gasteiger partial charge in [0.15, 0.2) is 5.82 Å². The summed E-state index contributed by atoms with van der Waals surface area (Å²) < 4.78 is 1.07. The fraction of sp³-hybridized carbons (Fsp3) is 0. The molecule has 2 rings (SSSR count). The number of rotatable bonds is 1. The maximum absolute atomic E-state index is 4.08. The van der Waals surface area contributed by atoms with Crippen molar-refractivity contribution in [3.63, 3.8) is 0 Å². The molecule has 0 amide bonds. The molecule has 0 unspecified atom stereocenters. The molecule has 2 aromatic heterocycles. The quantitative estimate of drug-likeness (QED) is 0.770. The lowest BCUT2D eigenvalue weighted by Gasteiger charge is -1.89. The van der Waals surface area contributed by atoms with Crippen LogP contribution in [-0.4, -0.2) is 15.2 Å². The first-order chi connectivity index (χ1) is 5.86. The number of nitrogens with zero attached hydrogens (tertiary/aromatic N) is 3. The Labute approximate surface area is 81.6 Å². The van der Waals surface area contributed by atoms with Crippen molar-refractivity contribution in [3.05, 3.63) is 28.3 Å². The topological polar surface area (TPSA) is 38.7 Å².